The molecule has 0 heteroatoms. The van der Waals surface area contributed by atoms with E-state index in [9.17, 15) is 0 Å². The molecular weight excluding hydrogens is 528 g/mol. The van der Waals surface area contributed by atoms with E-state index in [1.807, 2.05) is 0 Å². The zero-order valence-electron chi connectivity index (χ0n) is 24.4. The average molecular weight is 559 g/mol. The summed E-state index contributed by atoms with van der Waals surface area (Å²) in [5, 5.41) is 5.33. The SMILES string of the molecule is C1=CC(c2ccccc2)=C(c2ccc3c4c(cccc24)-c2cc4c(-c5ccccc5)ccc(-c5ccccc5)c4cc2-3)CC1. The molecule has 9 rings (SSSR count). The highest BCUT2D eigenvalue weighted by molar-refractivity contribution is 6.22. The maximum Gasteiger partial charge on any atom is -0.00202 e. The summed E-state index contributed by atoms with van der Waals surface area (Å²) in [5.74, 6) is 0. The van der Waals surface area contributed by atoms with Gasteiger partial charge in [-0.25, -0.2) is 0 Å². The average Bonchev–Trinajstić information content (AvgIpc) is 3.42. The summed E-state index contributed by atoms with van der Waals surface area (Å²) >= 11 is 0. The van der Waals surface area contributed by atoms with Crippen LogP contribution in [0, 0.1) is 0 Å². The van der Waals surface area contributed by atoms with E-state index < -0.39 is 0 Å². The minimum atomic E-state index is 1.05. The van der Waals surface area contributed by atoms with Crippen molar-refractivity contribution in [2.45, 2.75) is 12.8 Å². The lowest BCUT2D eigenvalue weighted by Gasteiger charge is -2.19. The Kier molecular flexibility index (Phi) is 5.74. The predicted octanol–water partition coefficient (Wildman–Crippen LogP) is 12.2. The summed E-state index contributed by atoms with van der Waals surface area (Å²) in [6.45, 7) is 0. The van der Waals surface area contributed by atoms with Crippen molar-refractivity contribution in [1.82, 2.24) is 0 Å². The molecule has 0 fully saturated rings. The van der Waals surface area contributed by atoms with Crippen molar-refractivity contribution in [2.24, 2.45) is 0 Å². The van der Waals surface area contributed by atoms with Crippen LogP contribution in [0.25, 0.3) is 77.2 Å². The summed E-state index contributed by atoms with van der Waals surface area (Å²) in [7, 11) is 0. The van der Waals surface area contributed by atoms with Gasteiger partial charge in [-0.05, 0) is 113 Å². The first-order chi connectivity index (χ1) is 21.8. The molecular formula is C44H30. The zero-order chi connectivity index (χ0) is 29.0. The molecule has 0 saturated heterocycles. The highest BCUT2D eigenvalue weighted by Gasteiger charge is 2.26. The molecule has 0 amide bonds. The van der Waals surface area contributed by atoms with Crippen LogP contribution in [0.4, 0.5) is 0 Å². The van der Waals surface area contributed by atoms with Gasteiger partial charge in [-0.1, -0.05) is 146 Å². The molecule has 7 aromatic carbocycles. The van der Waals surface area contributed by atoms with Crippen LogP contribution in [0.1, 0.15) is 24.0 Å². The van der Waals surface area contributed by atoms with Crippen LogP contribution >= 0.6 is 0 Å². The first-order valence-electron chi connectivity index (χ1n) is 15.6. The third-order valence-corrected chi connectivity index (χ3v) is 9.53. The lowest BCUT2D eigenvalue weighted by molar-refractivity contribution is 1.06. The Morgan fingerprint density at radius 1 is 0.364 bits per heavy atom. The molecule has 2 aliphatic carbocycles. The summed E-state index contributed by atoms with van der Waals surface area (Å²) < 4.78 is 0. The Hall–Kier alpha value is -5.46. The highest BCUT2D eigenvalue weighted by Crippen LogP contribution is 2.52. The molecule has 0 aliphatic heterocycles. The maximum atomic E-state index is 2.46. The van der Waals surface area contributed by atoms with Crippen LogP contribution in [0.15, 0.2) is 158 Å². The second kappa shape index (κ2) is 10.1. The van der Waals surface area contributed by atoms with Crippen LogP contribution in [0.5, 0.6) is 0 Å². The largest absolute Gasteiger partial charge is 0.0836 e. The Bertz CT molecular complexity index is 2190. The minimum absolute atomic E-state index is 1.05. The quantitative estimate of drug-likeness (QED) is 0.201. The molecule has 0 heterocycles. The van der Waals surface area contributed by atoms with Crippen molar-refractivity contribution in [1.29, 1.82) is 0 Å². The van der Waals surface area contributed by atoms with Gasteiger partial charge < -0.3 is 0 Å². The third-order valence-electron chi connectivity index (χ3n) is 9.53. The number of benzene rings is 7. The van der Waals surface area contributed by atoms with E-state index in [0.717, 1.165) is 12.8 Å². The number of hydrogen-bond donors (Lipinski definition) is 0. The molecule has 0 radical (unpaired) electrons. The normalized spacial score (nSPS) is 13.5. The molecule has 0 N–H and O–H groups in total. The summed E-state index contributed by atoms with van der Waals surface area (Å²) in [6, 6.07) is 53.7. The first kappa shape index (κ1) is 25.1. The van der Waals surface area contributed by atoms with Crippen LogP contribution in [-0.4, -0.2) is 0 Å². The van der Waals surface area contributed by atoms with Gasteiger partial charge in [0.2, 0.25) is 0 Å². The van der Waals surface area contributed by atoms with Gasteiger partial charge in [-0.15, -0.1) is 0 Å². The smallest absolute Gasteiger partial charge is 0.00202 e. The molecule has 7 aromatic rings. The fraction of sp³-hybridized carbons (Fsp3) is 0.0455. The van der Waals surface area contributed by atoms with E-state index in [2.05, 4.69) is 158 Å². The predicted molar refractivity (Wildman–Crippen MR) is 188 cm³/mol. The number of allylic oxidation sites excluding steroid dienone is 4. The van der Waals surface area contributed by atoms with Crippen LogP contribution in [0.3, 0.4) is 0 Å². The maximum absolute atomic E-state index is 2.46. The van der Waals surface area contributed by atoms with Gasteiger partial charge in [0.1, 0.15) is 0 Å². The molecule has 0 aromatic heterocycles. The molecule has 2 aliphatic rings. The summed E-state index contributed by atoms with van der Waals surface area (Å²) in [6.07, 6.45) is 6.78. The van der Waals surface area contributed by atoms with Gasteiger partial charge >= 0.3 is 0 Å². The first-order valence-corrected chi connectivity index (χ1v) is 15.6. The minimum Gasteiger partial charge on any atom is -0.0836 e. The summed E-state index contributed by atoms with van der Waals surface area (Å²) in [5.41, 5.74) is 15.8. The molecule has 44 heavy (non-hydrogen) atoms. The van der Waals surface area contributed by atoms with Gasteiger partial charge in [0, 0.05) is 0 Å². The van der Waals surface area contributed by atoms with Gasteiger partial charge in [0.05, 0.1) is 0 Å². The van der Waals surface area contributed by atoms with E-state index in [1.54, 1.807) is 0 Å². The van der Waals surface area contributed by atoms with E-state index >= 15 is 0 Å². The molecule has 0 atom stereocenters. The van der Waals surface area contributed by atoms with E-state index in [4.69, 9.17) is 0 Å². The Morgan fingerprint density at radius 3 is 1.50 bits per heavy atom. The molecule has 0 nitrogen and oxygen atoms in total. The van der Waals surface area contributed by atoms with Crippen molar-refractivity contribution in [3.63, 3.8) is 0 Å². The Balaban J connectivity index is 1.32. The van der Waals surface area contributed by atoms with Crippen LogP contribution in [-0.2, 0) is 0 Å². The van der Waals surface area contributed by atoms with Crippen LogP contribution < -0.4 is 0 Å². The highest BCUT2D eigenvalue weighted by atomic mass is 14.3. The topological polar surface area (TPSA) is 0 Å². The molecule has 0 unspecified atom stereocenters. The Morgan fingerprint density at radius 2 is 0.886 bits per heavy atom. The second-order valence-electron chi connectivity index (χ2n) is 11.9. The summed E-state index contributed by atoms with van der Waals surface area (Å²) in [4.78, 5) is 0. The lowest BCUT2D eigenvalue weighted by Crippen LogP contribution is -1.96. The van der Waals surface area contributed by atoms with E-state index in [1.165, 1.54) is 88.3 Å². The fourth-order valence-corrected chi connectivity index (χ4v) is 7.53. The monoisotopic (exact) mass is 558 g/mol. The van der Waals surface area contributed by atoms with E-state index in [-0.39, 0.29) is 0 Å². The van der Waals surface area contributed by atoms with Gasteiger partial charge in [-0.2, -0.15) is 0 Å². The van der Waals surface area contributed by atoms with Gasteiger partial charge in [-0.3, -0.25) is 0 Å². The van der Waals surface area contributed by atoms with E-state index in [0.29, 0.717) is 0 Å². The van der Waals surface area contributed by atoms with Crippen molar-refractivity contribution in [3.8, 4) is 44.5 Å². The van der Waals surface area contributed by atoms with Crippen molar-refractivity contribution in [2.75, 3.05) is 0 Å². The second-order valence-corrected chi connectivity index (χ2v) is 11.9. The fourth-order valence-electron chi connectivity index (χ4n) is 7.53. The molecule has 0 bridgehead atoms. The number of fused-ring (bicyclic) bond motifs is 4. The standard InChI is InChI=1S/C44H30/c1-4-13-29(14-5-1)32-19-10-11-20-35(32)36-25-26-39-43-28-41-34(31-17-8-3-9-18-31)24-23-33(30-15-6-2-7-16-30)40(41)27-42(43)38-22-12-21-37(36)44(38)39/h1-10,12-19,21-28H,11,20H2. The van der Waals surface area contributed by atoms with Crippen molar-refractivity contribution < 1.29 is 0 Å². The molecule has 0 saturated carbocycles. The third kappa shape index (κ3) is 3.85. The van der Waals surface area contributed by atoms with Gasteiger partial charge in [0.25, 0.3) is 0 Å². The van der Waals surface area contributed by atoms with Crippen molar-refractivity contribution in [3.05, 3.63) is 169 Å². The zero-order valence-corrected chi connectivity index (χ0v) is 24.4. The van der Waals surface area contributed by atoms with Crippen molar-refractivity contribution >= 4 is 32.7 Å². The Labute approximate surface area is 258 Å². The van der Waals surface area contributed by atoms with Gasteiger partial charge in [0.15, 0.2) is 0 Å². The lowest BCUT2D eigenvalue weighted by atomic mass is 9.85. The van der Waals surface area contributed by atoms with Crippen LogP contribution in [0.2, 0.25) is 0 Å². The number of hydrogen-bond acceptors (Lipinski definition) is 0. The molecule has 206 valence electrons. The molecule has 0 spiro atoms. The number of rotatable bonds is 4.